The van der Waals surface area contributed by atoms with Crippen molar-refractivity contribution in [2.75, 3.05) is 18.1 Å². The number of nitrogens with zero attached hydrogens (tertiary/aromatic N) is 2. The van der Waals surface area contributed by atoms with Crippen LogP contribution in [-0.4, -0.2) is 19.2 Å². The maximum atomic E-state index is 11.3. The van der Waals surface area contributed by atoms with Gasteiger partial charge in [0, 0.05) is 0 Å². The number of amides is 1. The fraction of sp³-hybridized carbons (Fsp3) is 0.273. The van der Waals surface area contributed by atoms with E-state index in [-0.39, 0.29) is 6.09 Å². The number of benzene rings is 1. The van der Waals surface area contributed by atoms with Crippen LogP contribution in [0.3, 0.4) is 0 Å². The van der Waals surface area contributed by atoms with E-state index in [4.69, 9.17) is 10.00 Å². The molecule has 4 nitrogen and oxygen atoms in total. The lowest BCUT2D eigenvalue weighted by Crippen LogP contribution is -2.24. The Bertz CT molecular complexity index is 448. The van der Waals surface area contributed by atoms with E-state index in [0.717, 1.165) is 11.3 Å². The summed E-state index contributed by atoms with van der Waals surface area (Å²) in [6.07, 6.45) is -0.340. The molecular formula is C11H10N2O2. The van der Waals surface area contributed by atoms with E-state index in [2.05, 4.69) is 6.07 Å². The van der Waals surface area contributed by atoms with Gasteiger partial charge in [-0.25, -0.2) is 4.79 Å². The zero-order valence-corrected chi connectivity index (χ0v) is 8.36. The molecule has 4 heteroatoms. The van der Waals surface area contributed by atoms with Crippen LogP contribution in [0.25, 0.3) is 0 Å². The number of hydrogen-bond donors (Lipinski definition) is 0. The van der Waals surface area contributed by atoms with Crippen molar-refractivity contribution in [3.05, 3.63) is 29.3 Å². The Hall–Kier alpha value is -2.02. The van der Waals surface area contributed by atoms with Crippen LogP contribution in [0.4, 0.5) is 10.5 Å². The van der Waals surface area contributed by atoms with Gasteiger partial charge in [-0.1, -0.05) is 6.07 Å². The van der Waals surface area contributed by atoms with Gasteiger partial charge in [-0.3, -0.25) is 4.90 Å². The monoisotopic (exact) mass is 202 g/mol. The number of cyclic esters (lactones) is 1. The quantitative estimate of drug-likeness (QED) is 0.698. The molecule has 1 aromatic rings. The molecule has 1 aromatic carbocycles. The number of nitriles is 1. The van der Waals surface area contributed by atoms with Gasteiger partial charge >= 0.3 is 6.09 Å². The maximum Gasteiger partial charge on any atom is 0.414 e. The molecule has 2 rings (SSSR count). The molecule has 0 saturated carbocycles. The van der Waals surface area contributed by atoms with E-state index in [0.29, 0.717) is 18.7 Å². The average Bonchev–Trinajstić information content (AvgIpc) is 2.65. The summed E-state index contributed by atoms with van der Waals surface area (Å²) >= 11 is 0. The first kappa shape index (κ1) is 9.53. The van der Waals surface area contributed by atoms with Crippen molar-refractivity contribution in [3.8, 4) is 6.07 Å². The van der Waals surface area contributed by atoms with Crippen molar-refractivity contribution in [3.63, 3.8) is 0 Å². The molecule has 0 N–H and O–H groups in total. The van der Waals surface area contributed by atoms with Crippen LogP contribution in [0.15, 0.2) is 18.2 Å². The summed E-state index contributed by atoms with van der Waals surface area (Å²) < 4.78 is 4.85. The van der Waals surface area contributed by atoms with Gasteiger partial charge in [-0.05, 0) is 24.6 Å². The van der Waals surface area contributed by atoms with Gasteiger partial charge in [-0.2, -0.15) is 5.26 Å². The van der Waals surface area contributed by atoms with Crippen LogP contribution in [-0.2, 0) is 4.74 Å². The predicted molar refractivity (Wildman–Crippen MR) is 54.6 cm³/mol. The van der Waals surface area contributed by atoms with Gasteiger partial charge in [0.2, 0.25) is 0 Å². The van der Waals surface area contributed by atoms with Crippen LogP contribution >= 0.6 is 0 Å². The van der Waals surface area contributed by atoms with E-state index in [9.17, 15) is 4.79 Å². The highest BCUT2D eigenvalue weighted by molar-refractivity contribution is 5.90. The van der Waals surface area contributed by atoms with Crippen LogP contribution in [0.1, 0.15) is 11.1 Å². The fourth-order valence-corrected chi connectivity index (χ4v) is 1.58. The largest absolute Gasteiger partial charge is 0.447 e. The van der Waals surface area contributed by atoms with Crippen molar-refractivity contribution < 1.29 is 9.53 Å². The summed E-state index contributed by atoms with van der Waals surface area (Å²) in [5.41, 5.74) is 2.28. The van der Waals surface area contributed by atoms with E-state index < -0.39 is 0 Å². The third-order valence-corrected chi connectivity index (χ3v) is 2.39. The molecule has 0 atom stereocenters. The third-order valence-electron chi connectivity index (χ3n) is 2.39. The Morgan fingerprint density at radius 2 is 2.33 bits per heavy atom. The molecule has 76 valence electrons. The van der Waals surface area contributed by atoms with Gasteiger partial charge < -0.3 is 4.74 Å². The fourth-order valence-electron chi connectivity index (χ4n) is 1.58. The lowest BCUT2D eigenvalue weighted by Gasteiger charge is -2.15. The van der Waals surface area contributed by atoms with Crippen LogP contribution in [0, 0.1) is 18.3 Å². The van der Waals surface area contributed by atoms with Crippen LogP contribution in [0.2, 0.25) is 0 Å². The molecule has 0 aliphatic carbocycles. The minimum absolute atomic E-state index is 0.340. The van der Waals surface area contributed by atoms with Crippen molar-refractivity contribution in [1.82, 2.24) is 0 Å². The third kappa shape index (κ3) is 1.64. The number of ether oxygens (including phenoxy) is 1. The Balaban J connectivity index is 2.43. The lowest BCUT2D eigenvalue weighted by atomic mass is 10.1. The minimum atomic E-state index is -0.340. The number of carbonyl (C=O) groups is 1. The Morgan fingerprint density at radius 1 is 1.53 bits per heavy atom. The molecule has 1 fully saturated rings. The predicted octanol–water partition coefficient (Wildman–Crippen LogP) is 1.82. The van der Waals surface area contributed by atoms with Gasteiger partial charge in [-0.15, -0.1) is 0 Å². The summed E-state index contributed by atoms with van der Waals surface area (Å²) in [4.78, 5) is 12.9. The smallest absolute Gasteiger partial charge is 0.414 e. The first-order valence-electron chi connectivity index (χ1n) is 4.67. The molecule has 0 bridgehead atoms. The van der Waals surface area contributed by atoms with Crippen LogP contribution in [0.5, 0.6) is 0 Å². The zero-order valence-electron chi connectivity index (χ0n) is 8.36. The SMILES string of the molecule is Cc1ccc(C#N)cc1N1CCOC1=O. The van der Waals surface area contributed by atoms with E-state index >= 15 is 0 Å². The van der Waals surface area contributed by atoms with Gasteiger partial charge in [0.1, 0.15) is 6.61 Å². The van der Waals surface area contributed by atoms with Gasteiger partial charge in [0.05, 0.1) is 23.9 Å². The zero-order chi connectivity index (χ0) is 10.8. The second-order valence-electron chi connectivity index (χ2n) is 3.38. The number of anilines is 1. The van der Waals surface area contributed by atoms with Crippen molar-refractivity contribution in [1.29, 1.82) is 5.26 Å². The highest BCUT2D eigenvalue weighted by Crippen LogP contribution is 2.24. The van der Waals surface area contributed by atoms with E-state index in [1.807, 2.05) is 13.0 Å². The second-order valence-corrected chi connectivity index (χ2v) is 3.38. The van der Waals surface area contributed by atoms with Crippen LogP contribution < -0.4 is 4.90 Å². The van der Waals surface area contributed by atoms with Gasteiger partial charge in [0.25, 0.3) is 0 Å². The molecule has 0 radical (unpaired) electrons. The normalized spacial score (nSPS) is 14.9. The molecule has 1 aliphatic heterocycles. The van der Waals surface area contributed by atoms with Crippen molar-refractivity contribution in [2.45, 2.75) is 6.92 Å². The molecule has 0 spiro atoms. The maximum absolute atomic E-state index is 11.3. The summed E-state index contributed by atoms with van der Waals surface area (Å²) in [6.45, 7) is 2.87. The first-order chi connectivity index (χ1) is 7.22. The number of hydrogen-bond acceptors (Lipinski definition) is 3. The summed E-state index contributed by atoms with van der Waals surface area (Å²) in [7, 11) is 0. The standard InChI is InChI=1S/C11H10N2O2/c1-8-2-3-9(7-12)6-10(8)13-4-5-15-11(13)14/h2-3,6H,4-5H2,1H3. The molecule has 1 heterocycles. The molecule has 1 saturated heterocycles. The van der Waals surface area contributed by atoms with E-state index in [1.54, 1.807) is 17.0 Å². The Kier molecular flexibility index (Phi) is 2.30. The van der Waals surface area contributed by atoms with Crippen molar-refractivity contribution in [2.24, 2.45) is 0 Å². The first-order valence-corrected chi connectivity index (χ1v) is 4.67. The van der Waals surface area contributed by atoms with Gasteiger partial charge in [0.15, 0.2) is 0 Å². The average molecular weight is 202 g/mol. The molecule has 1 aliphatic rings. The summed E-state index contributed by atoms with van der Waals surface area (Å²) in [5, 5.41) is 8.78. The lowest BCUT2D eigenvalue weighted by molar-refractivity contribution is 0.181. The molecule has 1 amide bonds. The van der Waals surface area contributed by atoms with Crippen molar-refractivity contribution >= 4 is 11.8 Å². The molecular weight excluding hydrogens is 192 g/mol. The Labute approximate surface area is 87.7 Å². The highest BCUT2D eigenvalue weighted by Gasteiger charge is 2.24. The number of aryl methyl sites for hydroxylation is 1. The minimum Gasteiger partial charge on any atom is -0.447 e. The second kappa shape index (κ2) is 3.62. The number of carbonyl (C=O) groups excluding carboxylic acids is 1. The summed E-state index contributed by atoms with van der Waals surface area (Å²) in [5.74, 6) is 0. The number of rotatable bonds is 1. The molecule has 0 aromatic heterocycles. The molecule has 15 heavy (non-hydrogen) atoms. The Morgan fingerprint density at radius 3 is 2.93 bits per heavy atom. The summed E-state index contributed by atoms with van der Waals surface area (Å²) in [6, 6.07) is 7.33. The topological polar surface area (TPSA) is 53.3 Å². The highest BCUT2D eigenvalue weighted by atomic mass is 16.6. The molecule has 0 unspecified atom stereocenters. The van der Waals surface area contributed by atoms with E-state index in [1.165, 1.54) is 0 Å².